The first kappa shape index (κ1) is 24.8. The Hall–Kier alpha value is -2.89. The molecule has 12 heteroatoms. The third-order valence-corrected chi connectivity index (χ3v) is 7.69. The van der Waals surface area contributed by atoms with Crippen molar-refractivity contribution in [3.8, 4) is 0 Å². The number of fused-ring (bicyclic) bond motifs is 1. The van der Waals surface area contributed by atoms with E-state index in [0.29, 0.717) is 24.3 Å². The van der Waals surface area contributed by atoms with Gasteiger partial charge in [-0.05, 0) is 44.9 Å². The maximum absolute atomic E-state index is 12.1. The fourth-order valence-corrected chi connectivity index (χ4v) is 5.35. The minimum absolute atomic E-state index is 0.0434. The molecule has 5 rings (SSSR count). The number of alkyl carbamates (subject to hydrolysis) is 1. The maximum Gasteiger partial charge on any atom is 0.407 e. The van der Waals surface area contributed by atoms with Gasteiger partial charge >= 0.3 is 6.09 Å². The second-order valence-electron chi connectivity index (χ2n) is 10.4. The van der Waals surface area contributed by atoms with Crippen LogP contribution in [0, 0.1) is 11.8 Å². The van der Waals surface area contributed by atoms with Crippen molar-refractivity contribution in [2.45, 2.75) is 82.8 Å². The molecule has 1 amide bonds. The van der Waals surface area contributed by atoms with Gasteiger partial charge in [0.15, 0.2) is 0 Å². The molecule has 198 valence electrons. The number of amidine groups is 1. The molecule has 1 aliphatic carbocycles. The number of carbonyl (C=O) groups excluding carboxylic acids is 1. The fourth-order valence-electron chi connectivity index (χ4n) is 5.35. The highest BCUT2D eigenvalue weighted by molar-refractivity contribution is 6.43. The molecule has 5 unspecified atom stereocenters. The number of hydrogen-bond donors (Lipinski definition) is 3. The van der Waals surface area contributed by atoms with Crippen LogP contribution in [-0.2, 0) is 14.2 Å². The highest BCUT2D eigenvalue weighted by Gasteiger charge is 2.42. The molecule has 0 spiro atoms. The predicted octanol–water partition coefficient (Wildman–Crippen LogP) is 1.43. The Kier molecular flexibility index (Phi) is 7.59. The molecule has 1 saturated heterocycles. The van der Waals surface area contributed by atoms with Crippen LogP contribution in [0.2, 0.25) is 0 Å². The van der Waals surface area contributed by atoms with Gasteiger partial charge in [-0.15, -0.1) is 5.10 Å². The average molecular weight is 503 g/mol. The molecular weight excluding hydrogens is 464 g/mol. The SMILES string of the molecule is CCC(C)NC(=O)O[C@@H]1CC[C@H](C2CC(NC3N=CN=C4C(OCC5CCOC5)=NN(C)C43)=NN2)C1. The molecule has 0 radical (unpaired) electrons. The number of hydrogen-bond acceptors (Lipinski definition) is 11. The van der Waals surface area contributed by atoms with Crippen LogP contribution < -0.4 is 16.1 Å². The van der Waals surface area contributed by atoms with Gasteiger partial charge in [0.05, 0.1) is 19.3 Å². The van der Waals surface area contributed by atoms with Crippen LogP contribution in [0.1, 0.15) is 52.4 Å². The van der Waals surface area contributed by atoms with Crippen LogP contribution in [0.25, 0.3) is 0 Å². The van der Waals surface area contributed by atoms with Gasteiger partial charge in [-0.1, -0.05) is 6.92 Å². The van der Waals surface area contributed by atoms with Gasteiger partial charge in [0.2, 0.25) is 0 Å². The molecule has 2 fully saturated rings. The first-order chi connectivity index (χ1) is 17.5. The summed E-state index contributed by atoms with van der Waals surface area (Å²) in [5.41, 5.74) is 4.08. The molecule has 4 heterocycles. The second-order valence-corrected chi connectivity index (χ2v) is 10.4. The smallest absolute Gasteiger partial charge is 0.407 e. The van der Waals surface area contributed by atoms with E-state index in [1.807, 2.05) is 25.9 Å². The molecule has 3 N–H and O–H groups in total. The van der Waals surface area contributed by atoms with Crippen LogP contribution in [0.3, 0.4) is 0 Å². The molecule has 0 aromatic rings. The van der Waals surface area contributed by atoms with Crippen LogP contribution in [0.15, 0.2) is 20.2 Å². The number of nitrogens with one attached hydrogen (secondary N) is 3. The topological polar surface area (TPSA) is 134 Å². The lowest BCUT2D eigenvalue weighted by molar-refractivity contribution is 0.0949. The standard InChI is InChI=1S/C24H38N8O4/c1-4-14(2)27-24(33)36-17-6-5-16(9-17)18-10-19(30-29-18)28-22-21-20(25-13-26-22)23(31-32(21)3)35-12-15-7-8-34-11-15/h13-18,21-22,29H,4-12H2,1-3H3,(H,27,33)(H,28,30)/t14?,15?,16-,17+,18?,21?,22?/m0/s1. The van der Waals surface area contributed by atoms with E-state index in [1.165, 1.54) is 0 Å². The Morgan fingerprint density at radius 1 is 1.36 bits per heavy atom. The molecule has 5 aliphatic rings. The summed E-state index contributed by atoms with van der Waals surface area (Å²) in [6.07, 6.45) is 6.36. The summed E-state index contributed by atoms with van der Waals surface area (Å²) in [6, 6.07) is 0.180. The predicted molar refractivity (Wildman–Crippen MR) is 136 cm³/mol. The van der Waals surface area contributed by atoms with Gasteiger partial charge < -0.3 is 30.3 Å². The summed E-state index contributed by atoms with van der Waals surface area (Å²) in [5.74, 6) is 2.23. The normalized spacial score (nSPS) is 33.9. The molecular formula is C24H38N8O4. The summed E-state index contributed by atoms with van der Waals surface area (Å²) in [6.45, 7) is 6.13. The van der Waals surface area contributed by atoms with Crippen LogP contribution in [0.5, 0.6) is 0 Å². The molecule has 12 nitrogen and oxygen atoms in total. The third kappa shape index (κ3) is 5.58. The van der Waals surface area contributed by atoms with E-state index in [4.69, 9.17) is 14.2 Å². The zero-order valence-electron chi connectivity index (χ0n) is 21.4. The van der Waals surface area contributed by atoms with Crippen molar-refractivity contribution in [2.75, 3.05) is 26.9 Å². The number of hydrazone groups is 2. The zero-order chi connectivity index (χ0) is 25.1. The second kappa shape index (κ2) is 11.0. The van der Waals surface area contributed by atoms with Crippen molar-refractivity contribution in [3.05, 3.63) is 0 Å². The van der Waals surface area contributed by atoms with E-state index < -0.39 is 0 Å². The Morgan fingerprint density at radius 2 is 2.25 bits per heavy atom. The monoisotopic (exact) mass is 502 g/mol. The fraction of sp³-hybridized carbons (Fsp3) is 0.792. The number of carbonyl (C=O) groups is 1. The van der Waals surface area contributed by atoms with E-state index in [9.17, 15) is 4.79 Å². The lowest BCUT2D eigenvalue weighted by Crippen LogP contribution is -2.52. The van der Waals surface area contributed by atoms with E-state index in [1.54, 1.807) is 6.34 Å². The number of nitrogens with zero attached hydrogens (tertiary/aromatic N) is 5. The Labute approximate surface area is 212 Å². The van der Waals surface area contributed by atoms with E-state index in [-0.39, 0.29) is 36.5 Å². The van der Waals surface area contributed by atoms with Crippen LogP contribution in [-0.4, -0.2) is 92.1 Å². The van der Waals surface area contributed by atoms with E-state index in [0.717, 1.165) is 63.3 Å². The van der Waals surface area contributed by atoms with Crippen molar-refractivity contribution in [3.63, 3.8) is 0 Å². The highest BCUT2D eigenvalue weighted by Crippen LogP contribution is 2.33. The maximum atomic E-state index is 12.1. The summed E-state index contributed by atoms with van der Waals surface area (Å²) < 4.78 is 17.1. The summed E-state index contributed by atoms with van der Waals surface area (Å²) in [5, 5.41) is 17.4. The number of ether oxygens (including phenoxy) is 3. The van der Waals surface area contributed by atoms with Crippen molar-refractivity contribution in [1.29, 1.82) is 0 Å². The van der Waals surface area contributed by atoms with Crippen molar-refractivity contribution < 1.29 is 19.0 Å². The summed E-state index contributed by atoms with van der Waals surface area (Å²) in [4.78, 5) is 21.1. The van der Waals surface area contributed by atoms with Crippen molar-refractivity contribution >= 4 is 29.9 Å². The number of amides is 1. The summed E-state index contributed by atoms with van der Waals surface area (Å²) in [7, 11) is 1.92. The lowest BCUT2D eigenvalue weighted by atomic mass is 9.96. The third-order valence-electron chi connectivity index (χ3n) is 7.69. The average Bonchev–Trinajstić information content (AvgIpc) is 3.66. The van der Waals surface area contributed by atoms with Gasteiger partial charge in [-0.3, -0.25) is 5.01 Å². The molecule has 0 aromatic carbocycles. The Bertz CT molecular complexity index is 931. The molecule has 0 aromatic heterocycles. The Balaban J connectivity index is 1.09. The van der Waals surface area contributed by atoms with Gasteiger partial charge in [0.1, 0.15) is 36.2 Å². The first-order valence-electron chi connectivity index (χ1n) is 13.2. The quantitative estimate of drug-likeness (QED) is 0.480. The Morgan fingerprint density at radius 3 is 3.06 bits per heavy atom. The van der Waals surface area contributed by atoms with Gasteiger partial charge in [0.25, 0.3) is 5.90 Å². The summed E-state index contributed by atoms with van der Waals surface area (Å²) >= 11 is 0. The van der Waals surface area contributed by atoms with Gasteiger partial charge in [0, 0.05) is 32.0 Å². The van der Waals surface area contributed by atoms with Crippen molar-refractivity contribution in [1.82, 2.24) is 21.1 Å². The minimum atomic E-state index is -0.316. The molecule has 1 saturated carbocycles. The largest absolute Gasteiger partial charge is 0.475 e. The first-order valence-corrected chi connectivity index (χ1v) is 13.2. The van der Waals surface area contributed by atoms with E-state index >= 15 is 0 Å². The molecule has 4 aliphatic heterocycles. The number of likely N-dealkylation sites (N-methyl/N-ethyl adjacent to an activating group) is 1. The lowest BCUT2D eigenvalue weighted by Gasteiger charge is -2.28. The van der Waals surface area contributed by atoms with Gasteiger partial charge in [-0.25, -0.2) is 14.8 Å². The van der Waals surface area contributed by atoms with Crippen molar-refractivity contribution in [2.24, 2.45) is 32.0 Å². The highest BCUT2D eigenvalue weighted by atomic mass is 16.6. The van der Waals surface area contributed by atoms with Crippen LogP contribution >= 0.6 is 0 Å². The number of rotatable bonds is 7. The number of aliphatic imine (C=N–C) groups is 2. The zero-order valence-corrected chi connectivity index (χ0v) is 21.4. The molecule has 36 heavy (non-hydrogen) atoms. The van der Waals surface area contributed by atoms with E-state index in [2.05, 4.69) is 36.2 Å². The van der Waals surface area contributed by atoms with Crippen LogP contribution in [0.4, 0.5) is 4.79 Å². The molecule has 0 bridgehead atoms. The minimum Gasteiger partial charge on any atom is -0.475 e. The molecule has 7 atom stereocenters. The van der Waals surface area contributed by atoms with Gasteiger partial charge in [-0.2, -0.15) is 5.10 Å².